The minimum Gasteiger partial charge on any atom is -0.493 e. The maximum absolute atomic E-state index is 12.1. The number of fused-ring (bicyclic) bond motifs is 1. The molecule has 7 heteroatoms. The molecule has 0 unspecified atom stereocenters. The minimum atomic E-state index is -0.126. The maximum Gasteiger partial charge on any atom is 0.228 e. The summed E-state index contributed by atoms with van der Waals surface area (Å²) in [6.07, 6.45) is 1.03. The highest BCUT2D eigenvalue weighted by Gasteiger charge is 2.16. The number of hydrogen-bond donors (Lipinski definition) is 2. The Kier molecular flexibility index (Phi) is 4.50. The van der Waals surface area contributed by atoms with E-state index in [1.807, 2.05) is 45.2 Å². The van der Waals surface area contributed by atoms with Gasteiger partial charge in [-0.1, -0.05) is 24.6 Å². The second-order valence-corrected chi connectivity index (χ2v) is 5.68. The number of nitrogens with one attached hydrogen (secondary N) is 2. The van der Waals surface area contributed by atoms with Gasteiger partial charge in [0.15, 0.2) is 5.65 Å². The third kappa shape index (κ3) is 3.24. The highest BCUT2D eigenvalue weighted by atomic mass is 16.5. The number of ether oxygens (including phenoxy) is 1. The summed E-state index contributed by atoms with van der Waals surface area (Å²) in [5.41, 5.74) is 2.82. The van der Waals surface area contributed by atoms with Crippen LogP contribution in [0.2, 0.25) is 0 Å². The molecule has 0 spiro atoms. The molecule has 1 amide bonds. The van der Waals surface area contributed by atoms with E-state index >= 15 is 0 Å². The topological polar surface area (TPSA) is 84.8 Å². The molecule has 0 radical (unpaired) electrons. The summed E-state index contributed by atoms with van der Waals surface area (Å²) in [5.74, 6) is 1.23. The van der Waals surface area contributed by atoms with Gasteiger partial charge in [0.2, 0.25) is 5.91 Å². The average Bonchev–Trinajstić information content (AvgIpc) is 3.11. The summed E-state index contributed by atoms with van der Waals surface area (Å²) in [6.45, 7) is 4.36. The Labute approximate surface area is 140 Å². The first kappa shape index (κ1) is 16.0. The Morgan fingerprint density at radius 1 is 1.33 bits per heavy atom. The number of anilines is 1. The van der Waals surface area contributed by atoms with Crippen molar-refractivity contribution in [3.05, 3.63) is 35.5 Å². The summed E-state index contributed by atoms with van der Waals surface area (Å²) < 4.78 is 7.29. The first-order chi connectivity index (χ1) is 11.6. The number of aryl methyl sites for hydroxylation is 3. The normalized spacial score (nSPS) is 11.0. The first-order valence-electron chi connectivity index (χ1n) is 7.97. The molecule has 2 heterocycles. The van der Waals surface area contributed by atoms with Crippen molar-refractivity contribution in [3.8, 4) is 5.75 Å². The number of aromatic nitrogens is 4. The molecule has 0 atom stereocenters. The van der Waals surface area contributed by atoms with Crippen LogP contribution >= 0.6 is 0 Å². The quantitative estimate of drug-likeness (QED) is 0.729. The van der Waals surface area contributed by atoms with Gasteiger partial charge in [0.05, 0.1) is 24.1 Å². The van der Waals surface area contributed by atoms with Crippen LogP contribution in [0.25, 0.3) is 11.0 Å². The predicted octanol–water partition coefficient (Wildman–Crippen LogP) is 2.57. The highest BCUT2D eigenvalue weighted by Crippen LogP contribution is 2.24. The van der Waals surface area contributed by atoms with Crippen LogP contribution in [0.15, 0.2) is 24.3 Å². The number of aromatic amines is 1. The van der Waals surface area contributed by atoms with Gasteiger partial charge in [0, 0.05) is 7.05 Å². The van der Waals surface area contributed by atoms with E-state index in [1.165, 1.54) is 5.56 Å². The van der Waals surface area contributed by atoms with Crippen molar-refractivity contribution in [2.75, 3.05) is 11.9 Å². The van der Waals surface area contributed by atoms with Gasteiger partial charge in [-0.15, -0.1) is 0 Å². The fraction of sp³-hybridized carbons (Fsp3) is 0.353. The van der Waals surface area contributed by atoms with Crippen LogP contribution < -0.4 is 10.1 Å². The van der Waals surface area contributed by atoms with Crippen molar-refractivity contribution in [2.24, 2.45) is 7.05 Å². The number of hydrogen-bond acceptors (Lipinski definition) is 4. The summed E-state index contributed by atoms with van der Waals surface area (Å²) >= 11 is 0. The molecular formula is C17H21N5O2. The Morgan fingerprint density at radius 3 is 2.79 bits per heavy atom. The first-order valence-corrected chi connectivity index (χ1v) is 7.97. The van der Waals surface area contributed by atoms with Gasteiger partial charge < -0.3 is 10.1 Å². The number of rotatable bonds is 6. The molecule has 7 nitrogen and oxygen atoms in total. The molecule has 3 aromatic rings. The van der Waals surface area contributed by atoms with Crippen LogP contribution in [-0.4, -0.2) is 32.5 Å². The highest BCUT2D eigenvalue weighted by molar-refractivity contribution is 5.99. The van der Waals surface area contributed by atoms with E-state index in [-0.39, 0.29) is 12.3 Å². The third-order valence-corrected chi connectivity index (χ3v) is 3.83. The van der Waals surface area contributed by atoms with E-state index in [0.29, 0.717) is 12.4 Å². The van der Waals surface area contributed by atoms with E-state index in [4.69, 9.17) is 4.74 Å². The summed E-state index contributed by atoms with van der Waals surface area (Å²) in [5, 5.41) is 15.2. The van der Waals surface area contributed by atoms with Gasteiger partial charge in [-0.2, -0.15) is 10.2 Å². The number of carbonyl (C=O) groups is 1. The number of H-pyrrole nitrogens is 1. The molecule has 126 valence electrons. The molecule has 3 rings (SSSR count). The smallest absolute Gasteiger partial charge is 0.228 e. The van der Waals surface area contributed by atoms with E-state index in [9.17, 15) is 4.79 Å². The Morgan fingerprint density at radius 2 is 2.08 bits per heavy atom. The molecule has 2 N–H and O–H groups in total. The van der Waals surface area contributed by atoms with E-state index in [0.717, 1.165) is 28.9 Å². The van der Waals surface area contributed by atoms with Gasteiger partial charge in [-0.3, -0.25) is 9.89 Å². The lowest BCUT2D eigenvalue weighted by atomic mass is 10.2. The van der Waals surface area contributed by atoms with Crippen LogP contribution in [0.4, 0.5) is 5.82 Å². The molecule has 0 aliphatic carbocycles. The largest absolute Gasteiger partial charge is 0.493 e. The molecule has 0 saturated heterocycles. The summed E-state index contributed by atoms with van der Waals surface area (Å²) in [4.78, 5) is 12.1. The molecule has 0 aliphatic heterocycles. The molecule has 0 saturated carbocycles. The van der Waals surface area contributed by atoms with Crippen molar-refractivity contribution in [3.63, 3.8) is 0 Å². The fourth-order valence-electron chi connectivity index (χ4n) is 2.55. The van der Waals surface area contributed by atoms with Crippen molar-refractivity contribution < 1.29 is 9.53 Å². The summed E-state index contributed by atoms with van der Waals surface area (Å²) in [6, 6.07) is 7.75. The number of nitrogens with zero attached hydrogens (tertiary/aromatic N) is 3. The van der Waals surface area contributed by atoms with Gasteiger partial charge in [-0.05, 0) is 25.5 Å². The van der Waals surface area contributed by atoms with Crippen molar-refractivity contribution in [2.45, 2.75) is 26.7 Å². The van der Waals surface area contributed by atoms with Gasteiger partial charge in [0.1, 0.15) is 11.6 Å². The average molecular weight is 327 g/mol. The molecular weight excluding hydrogens is 306 g/mol. The third-order valence-electron chi connectivity index (χ3n) is 3.83. The maximum atomic E-state index is 12.1. The van der Waals surface area contributed by atoms with Crippen LogP contribution in [0.3, 0.4) is 0 Å². The second kappa shape index (κ2) is 6.74. The fourth-order valence-corrected chi connectivity index (χ4v) is 2.55. The van der Waals surface area contributed by atoms with Crippen molar-refractivity contribution >= 4 is 22.8 Å². The van der Waals surface area contributed by atoms with Crippen LogP contribution in [0.1, 0.15) is 24.6 Å². The Hall–Kier alpha value is -2.83. The molecule has 24 heavy (non-hydrogen) atoms. The van der Waals surface area contributed by atoms with Gasteiger partial charge >= 0.3 is 0 Å². The zero-order chi connectivity index (χ0) is 17.1. The molecule has 2 aromatic heterocycles. The Bertz CT molecular complexity index is 848. The second-order valence-electron chi connectivity index (χ2n) is 5.68. The summed E-state index contributed by atoms with van der Waals surface area (Å²) in [7, 11) is 1.84. The van der Waals surface area contributed by atoms with Crippen LogP contribution in [0, 0.1) is 6.92 Å². The van der Waals surface area contributed by atoms with Crippen LogP contribution in [-0.2, 0) is 18.3 Å². The van der Waals surface area contributed by atoms with E-state index in [2.05, 4.69) is 20.6 Å². The molecule has 0 fully saturated rings. The van der Waals surface area contributed by atoms with Crippen LogP contribution in [0.5, 0.6) is 5.75 Å². The van der Waals surface area contributed by atoms with Crippen molar-refractivity contribution in [1.29, 1.82) is 0 Å². The zero-order valence-corrected chi connectivity index (χ0v) is 14.1. The van der Waals surface area contributed by atoms with Gasteiger partial charge in [-0.25, -0.2) is 4.68 Å². The lowest BCUT2D eigenvalue weighted by molar-refractivity contribution is -0.116. The standard InChI is InChI=1S/C17H21N5O2/c1-4-13-15-16(19-20-17(15)22(3)21-13)18-14(23)9-10-24-12-7-5-11(2)6-8-12/h5-8H,4,9-10H2,1-3H3,(H2,18,19,20,23). The number of amides is 1. The van der Waals surface area contributed by atoms with E-state index in [1.54, 1.807) is 4.68 Å². The monoisotopic (exact) mass is 327 g/mol. The Balaban J connectivity index is 1.60. The lowest BCUT2D eigenvalue weighted by Gasteiger charge is -2.07. The minimum absolute atomic E-state index is 0.126. The SMILES string of the molecule is CCc1nn(C)c2n[nH]c(NC(=O)CCOc3ccc(C)cc3)c12. The number of benzene rings is 1. The lowest BCUT2D eigenvalue weighted by Crippen LogP contribution is -2.15. The number of carbonyl (C=O) groups excluding carboxylic acids is 1. The molecule has 1 aromatic carbocycles. The molecule has 0 aliphatic rings. The van der Waals surface area contributed by atoms with E-state index < -0.39 is 0 Å². The predicted molar refractivity (Wildman–Crippen MR) is 92.2 cm³/mol. The zero-order valence-electron chi connectivity index (χ0n) is 14.1. The van der Waals surface area contributed by atoms with Gasteiger partial charge in [0.25, 0.3) is 0 Å². The molecule has 0 bridgehead atoms. The van der Waals surface area contributed by atoms with Crippen molar-refractivity contribution in [1.82, 2.24) is 20.0 Å².